The van der Waals surface area contributed by atoms with Crippen molar-refractivity contribution in [2.24, 2.45) is 0 Å². The molecule has 4 nitrogen and oxygen atoms in total. The van der Waals surface area contributed by atoms with Crippen LogP contribution in [0.4, 0.5) is 0 Å². The number of amides is 1. The number of aryl methyl sites for hydroxylation is 1. The molecule has 2 N–H and O–H groups in total. The summed E-state index contributed by atoms with van der Waals surface area (Å²) < 4.78 is 0. The summed E-state index contributed by atoms with van der Waals surface area (Å²) in [7, 11) is 0. The number of aromatic nitrogens is 1. The van der Waals surface area contributed by atoms with Crippen LogP contribution in [-0.2, 0) is 11.2 Å². The fraction of sp³-hybridized carbons (Fsp3) is 0.667. The van der Waals surface area contributed by atoms with Crippen LogP contribution in [0.2, 0.25) is 0 Å². The van der Waals surface area contributed by atoms with Gasteiger partial charge in [-0.1, -0.05) is 6.92 Å². The van der Waals surface area contributed by atoms with Gasteiger partial charge in [0.25, 0.3) is 0 Å². The van der Waals surface area contributed by atoms with Gasteiger partial charge in [0.2, 0.25) is 5.91 Å². The predicted molar refractivity (Wildman–Crippen MR) is 71.3 cm³/mol. The molecule has 96 valence electrons. The van der Waals surface area contributed by atoms with Crippen molar-refractivity contribution in [2.75, 3.05) is 19.6 Å². The van der Waals surface area contributed by atoms with E-state index in [1.165, 1.54) is 4.88 Å². The Hall–Kier alpha value is -0.940. The number of carbonyl (C=O) groups excluding carboxylic acids is 1. The average molecular weight is 255 g/mol. The highest BCUT2D eigenvalue weighted by atomic mass is 32.1. The first-order valence-corrected chi connectivity index (χ1v) is 6.98. The average Bonchev–Trinajstić information content (AvgIpc) is 2.72. The fourth-order valence-corrected chi connectivity index (χ4v) is 2.23. The van der Waals surface area contributed by atoms with Crippen LogP contribution in [-0.4, -0.2) is 30.5 Å². The molecule has 1 aromatic rings. The number of hydrogen-bond donors (Lipinski definition) is 2. The second-order valence-electron chi connectivity index (χ2n) is 3.96. The van der Waals surface area contributed by atoms with E-state index in [-0.39, 0.29) is 5.91 Å². The van der Waals surface area contributed by atoms with Gasteiger partial charge in [0.1, 0.15) is 0 Å². The Labute approximate surface area is 107 Å². The maximum absolute atomic E-state index is 11.3. The Bertz CT molecular complexity index is 338. The maximum atomic E-state index is 11.3. The second-order valence-corrected chi connectivity index (χ2v) is 4.90. The molecule has 0 aliphatic heterocycles. The van der Waals surface area contributed by atoms with E-state index in [0.717, 1.165) is 38.2 Å². The molecule has 0 bridgehead atoms. The number of nitrogens with zero attached hydrogens (tertiary/aromatic N) is 1. The Morgan fingerprint density at radius 2 is 2.24 bits per heavy atom. The molecule has 0 aliphatic rings. The van der Waals surface area contributed by atoms with Gasteiger partial charge in [-0.3, -0.25) is 4.79 Å². The molecule has 1 rings (SSSR count). The number of carbonyl (C=O) groups is 1. The van der Waals surface area contributed by atoms with Crippen molar-refractivity contribution in [2.45, 2.75) is 33.1 Å². The van der Waals surface area contributed by atoms with Crippen LogP contribution in [0.5, 0.6) is 0 Å². The zero-order valence-electron chi connectivity index (χ0n) is 10.6. The molecule has 17 heavy (non-hydrogen) atoms. The highest BCUT2D eigenvalue weighted by molar-refractivity contribution is 7.09. The smallest absolute Gasteiger partial charge is 0.221 e. The van der Waals surface area contributed by atoms with Gasteiger partial charge in [-0.2, -0.15) is 0 Å². The minimum Gasteiger partial charge on any atom is -0.356 e. The zero-order valence-corrected chi connectivity index (χ0v) is 11.4. The minimum atomic E-state index is 0.133. The molecule has 0 atom stereocenters. The van der Waals surface area contributed by atoms with Crippen molar-refractivity contribution in [3.05, 3.63) is 16.1 Å². The van der Waals surface area contributed by atoms with E-state index in [0.29, 0.717) is 6.42 Å². The summed E-state index contributed by atoms with van der Waals surface area (Å²) >= 11 is 1.69. The molecule has 5 heteroatoms. The molecule has 1 heterocycles. The first-order chi connectivity index (χ1) is 8.24. The van der Waals surface area contributed by atoms with Crippen LogP contribution in [0.15, 0.2) is 5.51 Å². The quantitative estimate of drug-likeness (QED) is 0.692. The van der Waals surface area contributed by atoms with E-state index in [1.54, 1.807) is 11.3 Å². The summed E-state index contributed by atoms with van der Waals surface area (Å²) in [5.41, 5.74) is 3.00. The fourth-order valence-electron chi connectivity index (χ4n) is 1.45. The summed E-state index contributed by atoms with van der Waals surface area (Å²) in [6.07, 6.45) is 2.54. The molecule has 1 amide bonds. The van der Waals surface area contributed by atoms with E-state index in [1.807, 2.05) is 12.4 Å². The lowest BCUT2D eigenvalue weighted by molar-refractivity contribution is -0.120. The number of thiazole rings is 1. The van der Waals surface area contributed by atoms with Crippen LogP contribution in [0.3, 0.4) is 0 Å². The minimum absolute atomic E-state index is 0.133. The number of nitrogens with one attached hydrogen (secondary N) is 2. The maximum Gasteiger partial charge on any atom is 0.221 e. The van der Waals surface area contributed by atoms with Gasteiger partial charge in [-0.05, 0) is 19.8 Å². The summed E-state index contributed by atoms with van der Waals surface area (Å²) in [6.45, 7) is 6.51. The molecular weight excluding hydrogens is 234 g/mol. The lowest BCUT2D eigenvalue weighted by Crippen LogP contribution is -2.28. The van der Waals surface area contributed by atoms with Crippen LogP contribution < -0.4 is 10.6 Å². The van der Waals surface area contributed by atoms with Crippen molar-refractivity contribution in [3.8, 4) is 0 Å². The van der Waals surface area contributed by atoms with Crippen LogP contribution in [0.25, 0.3) is 0 Å². The first kappa shape index (κ1) is 14.1. The third kappa shape index (κ3) is 5.79. The molecule has 0 saturated heterocycles. The monoisotopic (exact) mass is 255 g/mol. The van der Waals surface area contributed by atoms with Crippen molar-refractivity contribution >= 4 is 17.2 Å². The van der Waals surface area contributed by atoms with Crippen LogP contribution >= 0.6 is 11.3 Å². The van der Waals surface area contributed by atoms with Crippen molar-refractivity contribution in [1.82, 2.24) is 15.6 Å². The Balaban J connectivity index is 2.01. The highest BCUT2D eigenvalue weighted by Gasteiger charge is 2.01. The molecule has 0 fully saturated rings. The Morgan fingerprint density at radius 3 is 2.88 bits per heavy atom. The van der Waals surface area contributed by atoms with E-state index in [4.69, 9.17) is 0 Å². The first-order valence-electron chi connectivity index (χ1n) is 6.10. The topological polar surface area (TPSA) is 54.0 Å². The van der Waals surface area contributed by atoms with Crippen LogP contribution in [0.1, 0.15) is 30.3 Å². The van der Waals surface area contributed by atoms with Gasteiger partial charge in [0.15, 0.2) is 0 Å². The third-order valence-corrected chi connectivity index (χ3v) is 3.47. The van der Waals surface area contributed by atoms with Crippen molar-refractivity contribution in [3.63, 3.8) is 0 Å². The number of rotatable bonds is 8. The summed E-state index contributed by atoms with van der Waals surface area (Å²) in [4.78, 5) is 16.8. The van der Waals surface area contributed by atoms with E-state index >= 15 is 0 Å². The molecule has 0 spiro atoms. The summed E-state index contributed by atoms with van der Waals surface area (Å²) in [6, 6.07) is 0. The number of hydrogen-bond acceptors (Lipinski definition) is 4. The molecule has 1 aromatic heterocycles. The molecule has 0 aliphatic carbocycles. The van der Waals surface area contributed by atoms with E-state index < -0.39 is 0 Å². The largest absolute Gasteiger partial charge is 0.356 e. The van der Waals surface area contributed by atoms with Gasteiger partial charge < -0.3 is 10.6 Å². The summed E-state index contributed by atoms with van der Waals surface area (Å²) in [5.74, 6) is 0.133. The van der Waals surface area contributed by atoms with Gasteiger partial charge in [-0.25, -0.2) is 4.98 Å². The SMILES string of the molecule is CCCNC(=O)CCNCCc1scnc1C. The normalized spacial score (nSPS) is 10.5. The van der Waals surface area contributed by atoms with Crippen molar-refractivity contribution < 1.29 is 4.79 Å². The lowest BCUT2D eigenvalue weighted by atomic mass is 10.3. The van der Waals surface area contributed by atoms with E-state index in [2.05, 4.69) is 22.5 Å². The third-order valence-electron chi connectivity index (χ3n) is 2.47. The Morgan fingerprint density at radius 1 is 1.41 bits per heavy atom. The molecule has 0 saturated carbocycles. The van der Waals surface area contributed by atoms with Gasteiger partial charge in [0, 0.05) is 30.9 Å². The van der Waals surface area contributed by atoms with Crippen LogP contribution in [0, 0.1) is 6.92 Å². The van der Waals surface area contributed by atoms with Gasteiger partial charge in [0.05, 0.1) is 11.2 Å². The van der Waals surface area contributed by atoms with Gasteiger partial charge >= 0.3 is 0 Å². The van der Waals surface area contributed by atoms with E-state index in [9.17, 15) is 4.79 Å². The molecular formula is C12H21N3OS. The van der Waals surface area contributed by atoms with Crippen molar-refractivity contribution in [1.29, 1.82) is 0 Å². The summed E-state index contributed by atoms with van der Waals surface area (Å²) in [5, 5.41) is 6.14. The zero-order chi connectivity index (χ0) is 12.5. The standard InChI is InChI=1S/C12H21N3OS/c1-3-6-14-12(16)5-8-13-7-4-11-10(2)15-9-17-11/h9,13H,3-8H2,1-2H3,(H,14,16). The highest BCUT2D eigenvalue weighted by Crippen LogP contribution is 2.11. The molecule has 0 aromatic carbocycles. The molecule has 0 radical (unpaired) electrons. The lowest BCUT2D eigenvalue weighted by Gasteiger charge is -2.05. The second kappa shape index (κ2) is 8.20. The predicted octanol–water partition coefficient (Wildman–Crippen LogP) is 1.50. The van der Waals surface area contributed by atoms with Gasteiger partial charge in [-0.15, -0.1) is 11.3 Å². The Kier molecular flexibility index (Phi) is 6.81. The molecule has 0 unspecified atom stereocenters.